The van der Waals surface area contributed by atoms with E-state index in [0.29, 0.717) is 30.3 Å². The van der Waals surface area contributed by atoms with E-state index in [1.807, 2.05) is 15.8 Å². The Bertz CT molecular complexity index is 1150. The van der Waals surface area contributed by atoms with Crippen LogP contribution >= 0.6 is 0 Å². The van der Waals surface area contributed by atoms with E-state index in [0.717, 1.165) is 31.7 Å². The van der Waals surface area contributed by atoms with E-state index in [2.05, 4.69) is 35.4 Å². The molecule has 10 heteroatoms. The fourth-order valence-electron chi connectivity index (χ4n) is 5.19. The first kappa shape index (κ1) is 23.5. The molecule has 1 aromatic carbocycles. The number of anilines is 1. The van der Waals surface area contributed by atoms with Gasteiger partial charge in [0, 0.05) is 69.6 Å². The zero-order valence-corrected chi connectivity index (χ0v) is 20.2. The molecule has 1 aromatic heterocycles. The molecule has 186 valence electrons. The number of hydrogen-bond donors (Lipinski definition) is 1. The van der Waals surface area contributed by atoms with Crippen LogP contribution in [0.5, 0.6) is 0 Å². The summed E-state index contributed by atoms with van der Waals surface area (Å²) in [5, 5.41) is 6.74. The molecule has 1 N–H and O–H groups in total. The SMILES string of the molecule is CC(C)Cn1cc(CN2CCN(c3cc4c(cc3F)C(=O)N(C3CCC(=O)NC3=O)C4)CC2)cn1. The number of carbonyl (C=O) groups excluding carboxylic acids is 3. The van der Waals surface area contributed by atoms with Gasteiger partial charge < -0.3 is 9.80 Å². The minimum atomic E-state index is -0.701. The third-order valence-corrected chi connectivity index (χ3v) is 6.95. The number of benzene rings is 1. The van der Waals surface area contributed by atoms with E-state index in [4.69, 9.17) is 0 Å². The molecule has 2 saturated heterocycles. The van der Waals surface area contributed by atoms with Gasteiger partial charge in [-0.2, -0.15) is 5.10 Å². The van der Waals surface area contributed by atoms with Crippen molar-refractivity contribution >= 4 is 23.4 Å². The average molecular weight is 483 g/mol. The Hall–Kier alpha value is -3.27. The molecule has 0 bridgehead atoms. The summed E-state index contributed by atoms with van der Waals surface area (Å²) >= 11 is 0. The van der Waals surface area contributed by atoms with E-state index in [9.17, 15) is 14.4 Å². The fourth-order valence-corrected chi connectivity index (χ4v) is 5.19. The second-order valence-electron chi connectivity index (χ2n) is 10.1. The molecule has 0 aliphatic carbocycles. The quantitative estimate of drug-likeness (QED) is 0.631. The summed E-state index contributed by atoms with van der Waals surface area (Å²) in [6.45, 7) is 9.25. The Labute approximate surface area is 203 Å². The smallest absolute Gasteiger partial charge is 0.255 e. The maximum absolute atomic E-state index is 15.1. The summed E-state index contributed by atoms with van der Waals surface area (Å²) in [6.07, 6.45) is 4.49. The van der Waals surface area contributed by atoms with Crippen LogP contribution in [0.4, 0.5) is 10.1 Å². The van der Waals surface area contributed by atoms with Crippen molar-refractivity contribution in [3.63, 3.8) is 0 Å². The van der Waals surface area contributed by atoms with Crippen LogP contribution in [-0.2, 0) is 29.2 Å². The first-order valence-electron chi connectivity index (χ1n) is 12.2. The molecule has 0 spiro atoms. The second-order valence-corrected chi connectivity index (χ2v) is 10.1. The number of piperazine rings is 1. The maximum atomic E-state index is 15.1. The van der Waals surface area contributed by atoms with Gasteiger partial charge in [-0.05, 0) is 30.0 Å². The lowest BCUT2D eigenvalue weighted by Gasteiger charge is -2.36. The standard InChI is InChI=1S/C25H31FN6O3/c1-16(2)12-31-14-17(11-27-31)13-29-5-7-30(8-6-29)22-9-18-15-32(25(35)19(18)10-20(22)26)21-3-4-23(33)28-24(21)34/h9-11,14,16,21H,3-8,12-13,15H2,1-2H3,(H,28,33,34). The Balaban J connectivity index is 1.22. The summed E-state index contributed by atoms with van der Waals surface area (Å²) in [6, 6.07) is 2.35. The van der Waals surface area contributed by atoms with Gasteiger partial charge in [-0.3, -0.25) is 29.3 Å². The largest absolute Gasteiger partial charge is 0.367 e. The van der Waals surface area contributed by atoms with Gasteiger partial charge in [-0.15, -0.1) is 0 Å². The van der Waals surface area contributed by atoms with Gasteiger partial charge in [0.15, 0.2) is 0 Å². The van der Waals surface area contributed by atoms with Crippen LogP contribution in [0.2, 0.25) is 0 Å². The van der Waals surface area contributed by atoms with E-state index >= 15 is 4.39 Å². The third kappa shape index (κ3) is 4.80. The fraction of sp³-hybridized carbons (Fsp3) is 0.520. The van der Waals surface area contributed by atoms with Gasteiger partial charge >= 0.3 is 0 Å². The molecule has 35 heavy (non-hydrogen) atoms. The molecule has 0 saturated carbocycles. The van der Waals surface area contributed by atoms with Crippen LogP contribution in [-0.4, -0.2) is 69.5 Å². The normalized spacial score (nSPS) is 21.1. The second kappa shape index (κ2) is 9.41. The summed E-state index contributed by atoms with van der Waals surface area (Å²) in [5.41, 5.74) is 2.69. The van der Waals surface area contributed by atoms with Crippen molar-refractivity contribution in [3.8, 4) is 0 Å². The Morgan fingerprint density at radius 1 is 1.14 bits per heavy atom. The van der Waals surface area contributed by atoms with E-state index in [1.54, 1.807) is 6.07 Å². The summed E-state index contributed by atoms with van der Waals surface area (Å²) in [7, 11) is 0. The first-order chi connectivity index (χ1) is 16.8. The highest BCUT2D eigenvalue weighted by molar-refractivity contribution is 6.05. The van der Waals surface area contributed by atoms with Crippen LogP contribution in [0.3, 0.4) is 0 Å². The predicted molar refractivity (Wildman–Crippen MR) is 127 cm³/mol. The van der Waals surface area contributed by atoms with Crippen molar-refractivity contribution in [2.24, 2.45) is 5.92 Å². The van der Waals surface area contributed by atoms with Gasteiger partial charge in [0.2, 0.25) is 11.8 Å². The van der Waals surface area contributed by atoms with Crippen LogP contribution < -0.4 is 10.2 Å². The average Bonchev–Trinajstić information content (AvgIpc) is 3.37. The van der Waals surface area contributed by atoms with Gasteiger partial charge in [0.1, 0.15) is 11.9 Å². The zero-order chi connectivity index (χ0) is 24.7. The number of piperidine rings is 1. The lowest BCUT2D eigenvalue weighted by Crippen LogP contribution is -2.52. The number of imide groups is 1. The molecule has 3 aliphatic rings. The summed E-state index contributed by atoms with van der Waals surface area (Å²) in [5.74, 6) is -1.03. The van der Waals surface area contributed by atoms with Gasteiger partial charge in [-0.1, -0.05) is 13.8 Å². The molecule has 2 aromatic rings. The molecule has 1 atom stereocenters. The van der Waals surface area contributed by atoms with Crippen molar-refractivity contribution in [2.75, 3.05) is 31.1 Å². The number of fused-ring (bicyclic) bond motifs is 1. The number of aromatic nitrogens is 2. The molecule has 2 fully saturated rings. The van der Waals surface area contributed by atoms with Gasteiger partial charge in [0.05, 0.1) is 11.9 Å². The number of nitrogens with one attached hydrogen (secondary N) is 1. The van der Waals surface area contributed by atoms with E-state index in [1.165, 1.54) is 16.5 Å². The number of rotatable bonds is 6. The molecule has 4 heterocycles. The number of carbonyl (C=O) groups is 3. The highest BCUT2D eigenvalue weighted by atomic mass is 19.1. The molecular weight excluding hydrogens is 451 g/mol. The van der Waals surface area contributed by atoms with Crippen molar-refractivity contribution in [3.05, 3.63) is 47.0 Å². The monoisotopic (exact) mass is 482 g/mol. The Kier molecular flexibility index (Phi) is 6.31. The van der Waals surface area contributed by atoms with Crippen LogP contribution in [0.25, 0.3) is 0 Å². The van der Waals surface area contributed by atoms with Crippen LogP contribution in [0, 0.1) is 11.7 Å². The summed E-state index contributed by atoms with van der Waals surface area (Å²) in [4.78, 5) is 42.4. The molecule has 1 unspecified atom stereocenters. The van der Waals surface area contributed by atoms with Crippen molar-refractivity contribution < 1.29 is 18.8 Å². The van der Waals surface area contributed by atoms with E-state index in [-0.39, 0.29) is 31.2 Å². The lowest BCUT2D eigenvalue weighted by atomic mass is 10.0. The zero-order valence-electron chi connectivity index (χ0n) is 20.2. The van der Waals surface area contributed by atoms with Gasteiger partial charge in [0.25, 0.3) is 5.91 Å². The first-order valence-corrected chi connectivity index (χ1v) is 12.2. The molecule has 0 radical (unpaired) electrons. The number of amides is 3. The van der Waals surface area contributed by atoms with Crippen molar-refractivity contribution in [1.82, 2.24) is 24.9 Å². The Morgan fingerprint density at radius 3 is 2.63 bits per heavy atom. The Morgan fingerprint density at radius 2 is 1.91 bits per heavy atom. The van der Waals surface area contributed by atoms with Crippen molar-refractivity contribution in [2.45, 2.75) is 52.4 Å². The number of hydrogen-bond acceptors (Lipinski definition) is 6. The van der Waals surface area contributed by atoms with Crippen molar-refractivity contribution in [1.29, 1.82) is 0 Å². The third-order valence-electron chi connectivity index (χ3n) is 6.95. The van der Waals surface area contributed by atoms with Crippen LogP contribution in [0.1, 0.15) is 48.2 Å². The van der Waals surface area contributed by atoms with Crippen LogP contribution in [0.15, 0.2) is 24.5 Å². The molecule has 5 rings (SSSR count). The minimum Gasteiger partial charge on any atom is -0.367 e. The number of nitrogens with zero attached hydrogens (tertiary/aromatic N) is 5. The minimum absolute atomic E-state index is 0.193. The molecular formula is C25H31FN6O3. The number of halogens is 1. The van der Waals surface area contributed by atoms with Gasteiger partial charge in [-0.25, -0.2) is 4.39 Å². The summed E-state index contributed by atoms with van der Waals surface area (Å²) < 4.78 is 17.1. The molecule has 9 nitrogen and oxygen atoms in total. The molecule has 3 aliphatic heterocycles. The lowest BCUT2D eigenvalue weighted by molar-refractivity contribution is -0.136. The highest BCUT2D eigenvalue weighted by Gasteiger charge is 2.40. The van der Waals surface area contributed by atoms with E-state index < -0.39 is 17.8 Å². The highest BCUT2D eigenvalue weighted by Crippen LogP contribution is 2.33. The predicted octanol–water partition coefficient (Wildman–Crippen LogP) is 1.76. The maximum Gasteiger partial charge on any atom is 0.255 e. The topological polar surface area (TPSA) is 90.8 Å². The molecule has 3 amide bonds.